The molecule has 0 aliphatic carbocycles. The van der Waals surface area contributed by atoms with Crippen LogP contribution >= 0.6 is 0 Å². The van der Waals surface area contributed by atoms with E-state index >= 15 is 0 Å². The van der Waals surface area contributed by atoms with Crippen molar-refractivity contribution in [3.05, 3.63) is 59.4 Å². The molecule has 0 N–H and O–H groups in total. The first kappa shape index (κ1) is 14.9. The van der Waals surface area contributed by atoms with E-state index in [1.165, 1.54) is 11.3 Å². The summed E-state index contributed by atoms with van der Waals surface area (Å²) in [5.41, 5.74) is 3.21. The van der Waals surface area contributed by atoms with Crippen molar-refractivity contribution in [2.75, 3.05) is 20.6 Å². The molecule has 0 spiro atoms. The van der Waals surface area contributed by atoms with Crippen LogP contribution in [0.3, 0.4) is 0 Å². The van der Waals surface area contributed by atoms with E-state index in [0.29, 0.717) is 0 Å². The van der Waals surface area contributed by atoms with Crippen molar-refractivity contribution in [2.45, 2.75) is 26.1 Å². The Hall–Kier alpha value is -2.07. The van der Waals surface area contributed by atoms with Gasteiger partial charge >= 0.3 is 0 Å². The lowest BCUT2D eigenvalue weighted by atomic mass is 10.1. The average molecular weight is 297 g/mol. The van der Waals surface area contributed by atoms with Crippen LogP contribution in [0.2, 0.25) is 0 Å². The van der Waals surface area contributed by atoms with Gasteiger partial charge in [0.05, 0.1) is 6.04 Å². The molecule has 3 rings (SSSR count). The molecule has 116 valence electrons. The summed E-state index contributed by atoms with van der Waals surface area (Å²) in [5.74, 6) is 0.122. The van der Waals surface area contributed by atoms with Crippen molar-refractivity contribution in [1.82, 2.24) is 14.4 Å². The topological polar surface area (TPSA) is 28.5 Å². The number of carbonyl (C=O) groups excluding carboxylic acids is 1. The van der Waals surface area contributed by atoms with Crippen molar-refractivity contribution in [1.29, 1.82) is 0 Å². The lowest BCUT2D eigenvalue weighted by Gasteiger charge is -2.35. The Bertz CT molecular complexity index is 657. The summed E-state index contributed by atoms with van der Waals surface area (Å²) in [6, 6.07) is 12.3. The third-order valence-electron chi connectivity index (χ3n) is 4.30. The molecule has 2 heterocycles. The van der Waals surface area contributed by atoms with Crippen LogP contribution in [0.4, 0.5) is 0 Å². The van der Waals surface area contributed by atoms with Gasteiger partial charge in [-0.1, -0.05) is 12.1 Å². The summed E-state index contributed by atoms with van der Waals surface area (Å²) >= 11 is 0. The molecular weight excluding hydrogens is 274 g/mol. The van der Waals surface area contributed by atoms with Gasteiger partial charge in [0.1, 0.15) is 0 Å². The number of fused-ring (bicyclic) bond motifs is 1. The van der Waals surface area contributed by atoms with Crippen molar-refractivity contribution in [2.24, 2.45) is 0 Å². The predicted molar refractivity (Wildman–Crippen MR) is 87.7 cm³/mol. The summed E-state index contributed by atoms with van der Waals surface area (Å²) in [6.07, 6.45) is 2.09. The standard InChI is InChI=1S/C18H23N3O/c1-14-17-5-4-10-20(17)11-12-21(14)18(22)16-8-6-15(7-9-16)13-19(2)3/h4-10,14H,11-13H2,1-3H3. The van der Waals surface area contributed by atoms with Gasteiger partial charge in [0, 0.05) is 37.1 Å². The largest absolute Gasteiger partial charge is 0.348 e. The number of nitrogens with zero attached hydrogens (tertiary/aromatic N) is 3. The SMILES string of the molecule is CC1c2cccn2CCN1C(=O)c1ccc(CN(C)C)cc1. The fraction of sp³-hybridized carbons (Fsp3) is 0.389. The molecule has 0 fully saturated rings. The van der Waals surface area contributed by atoms with Gasteiger partial charge in [0.2, 0.25) is 0 Å². The Morgan fingerprint density at radius 1 is 1.18 bits per heavy atom. The molecule has 1 aromatic carbocycles. The number of carbonyl (C=O) groups is 1. The maximum Gasteiger partial charge on any atom is 0.254 e. The first-order chi connectivity index (χ1) is 10.6. The van der Waals surface area contributed by atoms with Gasteiger partial charge in [-0.2, -0.15) is 0 Å². The van der Waals surface area contributed by atoms with E-state index in [0.717, 1.165) is 25.2 Å². The molecule has 2 aromatic rings. The van der Waals surface area contributed by atoms with E-state index in [1.54, 1.807) is 0 Å². The van der Waals surface area contributed by atoms with Crippen LogP contribution in [0.1, 0.15) is 34.6 Å². The van der Waals surface area contributed by atoms with Gasteiger partial charge in [0.25, 0.3) is 5.91 Å². The lowest BCUT2D eigenvalue weighted by Crippen LogP contribution is -2.40. The van der Waals surface area contributed by atoms with Crippen LogP contribution < -0.4 is 0 Å². The lowest BCUT2D eigenvalue weighted by molar-refractivity contribution is 0.0644. The summed E-state index contributed by atoms with van der Waals surface area (Å²) in [7, 11) is 4.09. The highest BCUT2D eigenvalue weighted by atomic mass is 16.2. The van der Waals surface area contributed by atoms with Crippen LogP contribution in [0.15, 0.2) is 42.6 Å². The van der Waals surface area contributed by atoms with Crippen molar-refractivity contribution in [3.63, 3.8) is 0 Å². The highest BCUT2D eigenvalue weighted by Crippen LogP contribution is 2.26. The average Bonchev–Trinajstić information content (AvgIpc) is 2.96. The number of hydrogen-bond acceptors (Lipinski definition) is 2. The van der Waals surface area contributed by atoms with Gasteiger partial charge in [-0.3, -0.25) is 4.79 Å². The number of rotatable bonds is 3. The Balaban J connectivity index is 1.77. The van der Waals surface area contributed by atoms with Gasteiger partial charge in [-0.05, 0) is 50.8 Å². The quantitative estimate of drug-likeness (QED) is 0.871. The molecule has 0 radical (unpaired) electrons. The summed E-state index contributed by atoms with van der Waals surface area (Å²) in [5, 5.41) is 0. The van der Waals surface area contributed by atoms with Crippen molar-refractivity contribution < 1.29 is 4.79 Å². The predicted octanol–water partition coefficient (Wildman–Crippen LogP) is 2.77. The molecular formula is C18H23N3O. The molecule has 22 heavy (non-hydrogen) atoms. The molecule has 0 saturated carbocycles. The third kappa shape index (κ3) is 2.79. The first-order valence-corrected chi connectivity index (χ1v) is 7.76. The molecule has 1 aliphatic rings. The van der Waals surface area contributed by atoms with E-state index in [1.807, 2.05) is 43.3 Å². The maximum absolute atomic E-state index is 12.8. The number of amides is 1. The highest BCUT2D eigenvalue weighted by Gasteiger charge is 2.27. The monoisotopic (exact) mass is 297 g/mol. The van der Waals surface area contributed by atoms with E-state index in [9.17, 15) is 4.79 Å². The Kier molecular flexibility index (Phi) is 4.03. The molecule has 1 aliphatic heterocycles. The molecule has 1 atom stereocenters. The smallest absolute Gasteiger partial charge is 0.254 e. The van der Waals surface area contributed by atoms with Crippen LogP contribution in [0.25, 0.3) is 0 Å². The second-order valence-corrected chi connectivity index (χ2v) is 6.24. The van der Waals surface area contributed by atoms with E-state index in [-0.39, 0.29) is 11.9 Å². The Morgan fingerprint density at radius 2 is 1.91 bits per heavy atom. The van der Waals surface area contributed by atoms with Gasteiger partial charge in [0.15, 0.2) is 0 Å². The molecule has 1 aromatic heterocycles. The summed E-state index contributed by atoms with van der Waals surface area (Å²) < 4.78 is 2.23. The zero-order valence-electron chi connectivity index (χ0n) is 13.5. The zero-order valence-corrected chi connectivity index (χ0v) is 13.5. The summed E-state index contributed by atoms with van der Waals surface area (Å²) in [6.45, 7) is 4.63. The minimum Gasteiger partial charge on any atom is -0.348 e. The molecule has 4 nitrogen and oxygen atoms in total. The second-order valence-electron chi connectivity index (χ2n) is 6.24. The van der Waals surface area contributed by atoms with Gasteiger partial charge < -0.3 is 14.4 Å². The second kappa shape index (κ2) is 5.97. The number of hydrogen-bond donors (Lipinski definition) is 0. The number of aromatic nitrogens is 1. The molecule has 1 amide bonds. The van der Waals surface area contributed by atoms with Crippen LogP contribution in [0, 0.1) is 0 Å². The number of benzene rings is 1. The summed E-state index contributed by atoms with van der Waals surface area (Å²) in [4.78, 5) is 16.9. The molecule has 1 unspecified atom stereocenters. The van der Waals surface area contributed by atoms with Gasteiger partial charge in [-0.15, -0.1) is 0 Å². The van der Waals surface area contributed by atoms with Crippen molar-refractivity contribution in [3.8, 4) is 0 Å². The minimum atomic E-state index is 0.122. The molecule has 0 bridgehead atoms. The fourth-order valence-electron chi connectivity index (χ4n) is 3.14. The van der Waals surface area contributed by atoms with E-state index < -0.39 is 0 Å². The van der Waals surface area contributed by atoms with Crippen LogP contribution in [-0.4, -0.2) is 40.9 Å². The van der Waals surface area contributed by atoms with Crippen LogP contribution in [-0.2, 0) is 13.1 Å². The third-order valence-corrected chi connectivity index (χ3v) is 4.30. The van der Waals surface area contributed by atoms with E-state index in [2.05, 4.69) is 34.7 Å². The van der Waals surface area contributed by atoms with Crippen LogP contribution in [0.5, 0.6) is 0 Å². The minimum absolute atomic E-state index is 0.122. The fourth-order valence-corrected chi connectivity index (χ4v) is 3.14. The highest BCUT2D eigenvalue weighted by molar-refractivity contribution is 5.94. The van der Waals surface area contributed by atoms with Crippen molar-refractivity contribution >= 4 is 5.91 Å². The maximum atomic E-state index is 12.8. The van der Waals surface area contributed by atoms with E-state index in [4.69, 9.17) is 0 Å². The van der Waals surface area contributed by atoms with Gasteiger partial charge in [-0.25, -0.2) is 0 Å². The first-order valence-electron chi connectivity index (χ1n) is 7.76. The molecule has 4 heteroatoms. The Labute approximate surface area is 132 Å². The Morgan fingerprint density at radius 3 is 2.59 bits per heavy atom. The zero-order chi connectivity index (χ0) is 15.7. The normalized spacial score (nSPS) is 17.6. The molecule has 0 saturated heterocycles.